The van der Waals surface area contributed by atoms with Gasteiger partial charge in [0.15, 0.2) is 5.69 Å². The minimum Gasteiger partial charge on any atom is -0.464 e. The first-order valence-corrected chi connectivity index (χ1v) is 6.98. The topological polar surface area (TPSA) is 67.3 Å². The highest BCUT2D eigenvalue weighted by Gasteiger charge is 2.23. The number of aromatic nitrogens is 2. The number of hydrogen-bond acceptors (Lipinski definition) is 6. The fourth-order valence-electron chi connectivity index (χ4n) is 2.40. The van der Waals surface area contributed by atoms with Crippen LogP contribution in [0.2, 0.25) is 0 Å². The summed E-state index contributed by atoms with van der Waals surface area (Å²) >= 11 is 0. The van der Waals surface area contributed by atoms with E-state index in [9.17, 15) is 4.79 Å². The van der Waals surface area contributed by atoms with Crippen molar-refractivity contribution in [2.75, 3.05) is 32.1 Å². The molecular weight excluding hydrogens is 256 g/mol. The Morgan fingerprint density at radius 2 is 2.35 bits per heavy atom. The number of carbonyl (C=O) groups is 1. The Labute approximate surface area is 119 Å². The van der Waals surface area contributed by atoms with Crippen LogP contribution in [0.25, 0.3) is 0 Å². The molecule has 20 heavy (non-hydrogen) atoms. The van der Waals surface area contributed by atoms with Crippen LogP contribution in [0.4, 0.5) is 5.82 Å². The molecule has 2 rings (SSSR count). The number of nitrogens with zero attached hydrogens (tertiary/aromatic N) is 3. The molecule has 0 saturated carbocycles. The standard InChI is InChI=1S/C14H22N4O2/c1-10(2)18-5-4-11(9-18)6-16-13-8-15-7-12(17-13)14(19)20-3/h7-8,10-11H,4-6,9H2,1-3H3,(H,16,17). The van der Waals surface area contributed by atoms with Crippen LogP contribution in [0, 0.1) is 5.92 Å². The van der Waals surface area contributed by atoms with Gasteiger partial charge in [0.1, 0.15) is 5.82 Å². The van der Waals surface area contributed by atoms with E-state index in [-0.39, 0.29) is 5.69 Å². The van der Waals surface area contributed by atoms with E-state index in [4.69, 9.17) is 0 Å². The second kappa shape index (κ2) is 6.65. The summed E-state index contributed by atoms with van der Waals surface area (Å²) in [6.45, 7) is 7.55. The Morgan fingerprint density at radius 3 is 3.00 bits per heavy atom. The van der Waals surface area contributed by atoms with Gasteiger partial charge in [-0.1, -0.05) is 0 Å². The van der Waals surface area contributed by atoms with Crippen LogP contribution in [-0.2, 0) is 4.74 Å². The second-order valence-corrected chi connectivity index (χ2v) is 5.41. The van der Waals surface area contributed by atoms with Crippen LogP contribution in [0.1, 0.15) is 30.8 Å². The number of likely N-dealkylation sites (tertiary alicyclic amines) is 1. The molecule has 6 heteroatoms. The first-order chi connectivity index (χ1) is 9.60. The molecule has 0 aliphatic carbocycles. The number of anilines is 1. The van der Waals surface area contributed by atoms with Crippen molar-refractivity contribution in [1.82, 2.24) is 14.9 Å². The third kappa shape index (κ3) is 3.66. The van der Waals surface area contributed by atoms with Gasteiger partial charge in [-0.15, -0.1) is 0 Å². The summed E-state index contributed by atoms with van der Waals surface area (Å²) in [5.41, 5.74) is 0.229. The Hall–Kier alpha value is -1.69. The van der Waals surface area contributed by atoms with E-state index in [2.05, 4.69) is 38.8 Å². The third-order valence-electron chi connectivity index (χ3n) is 3.65. The average Bonchev–Trinajstić information content (AvgIpc) is 2.93. The van der Waals surface area contributed by atoms with E-state index >= 15 is 0 Å². The molecular formula is C14H22N4O2. The fraction of sp³-hybridized carbons (Fsp3) is 0.643. The highest BCUT2D eigenvalue weighted by atomic mass is 16.5. The first kappa shape index (κ1) is 14.7. The summed E-state index contributed by atoms with van der Waals surface area (Å²) in [6.07, 6.45) is 4.23. The van der Waals surface area contributed by atoms with Gasteiger partial charge >= 0.3 is 5.97 Å². The van der Waals surface area contributed by atoms with E-state index in [0.29, 0.717) is 17.8 Å². The average molecular weight is 278 g/mol. The predicted molar refractivity (Wildman–Crippen MR) is 76.7 cm³/mol. The molecule has 110 valence electrons. The monoisotopic (exact) mass is 278 g/mol. The van der Waals surface area contributed by atoms with Crippen LogP contribution < -0.4 is 5.32 Å². The lowest BCUT2D eigenvalue weighted by atomic mass is 10.1. The number of ether oxygens (including phenoxy) is 1. The number of rotatable bonds is 5. The van der Waals surface area contributed by atoms with Gasteiger partial charge in [-0.05, 0) is 32.7 Å². The SMILES string of the molecule is COC(=O)c1cncc(NCC2CCN(C(C)C)C2)n1. The molecule has 1 aromatic heterocycles. The zero-order chi connectivity index (χ0) is 14.5. The molecule has 1 aliphatic rings. The smallest absolute Gasteiger partial charge is 0.358 e. The van der Waals surface area contributed by atoms with Gasteiger partial charge in [-0.2, -0.15) is 0 Å². The maximum Gasteiger partial charge on any atom is 0.358 e. The maximum absolute atomic E-state index is 11.4. The molecule has 1 saturated heterocycles. The summed E-state index contributed by atoms with van der Waals surface area (Å²) in [4.78, 5) is 22.1. The van der Waals surface area contributed by atoms with Crippen molar-refractivity contribution in [3.8, 4) is 0 Å². The van der Waals surface area contributed by atoms with Gasteiger partial charge in [-0.3, -0.25) is 4.98 Å². The summed E-state index contributed by atoms with van der Waals surface area (Å²) < 4.78 is 4.63. The van der Waals surface area contributed by atoms with E-state index in [0.717, 1.165) is 19.6 Å². The highest BCUT2D eigenvalue weighted by molar-refractivity contribution is 5.87. The molecule has 1 unspecified atom stereocenters. The minimum atomic E-state index is -0.465. The molecule has 0 spiro atoms. The molecule has 1 fully saturated rings. The van der Waals surface area contributed by atoms with Gasteiger partial charge < -0.3 is 15.0 Å². The Kier molecular flexibility index (Phi) is 4.89. The first-order valence-electron chi connectivity index (χ1n) is 6.98. The van der Waals surface area contributed by atoms with Crippen molar-refractivity contribution in [2.45, 2.75) is 26.3 Å². The molecule has 2 heterocycles. The second-order valence-electron chi connectivity index (χ2n) is 5.41. The van der Waals surface area contributed by atoms with Crippen molar-refractivity contribution >= 4 is 11.8 Å². The summed E-state index contributed by atoms with van der Waals surface area (Å²) in [5.74, 6) is 0.768. The molecule has 0 bridgehead atoms. The molecule has 0 aromatic carbocycles. The Bertz CT molecular complexity index is 464. The molecule has 1 N–H and O–H groups in total. The molecule has 6 nitrogen and oxygen atoms in total. The van der Waals surface area contributed by atoms with Crippen LogP contribution in [-0.4, -0.2) is 53.6 Å². The fourth-order valence-corrected chi connectivity index (χ4v) is 2.40. The normalized spacial score (nSPS) is 19.3. The van der Waals surface area contributed by atoms with Crippen molar-refractivity contribution in [2.24, 2.45) is 5.92 Å². The van der Waals surface area contributed by atoms with Crippen molar-refractivity contribution in [3.63, 3.8) is 0 Å². The zero-order valence-electron chi connectivity index (χ0n) is 12.3. The number of esters is 1. The third-order valence-corrected chi connectivity index (χ3v) is 3.65. The molecule has 0 radical (unpaired) electrons. The van der Waals surface area contributed by atoms with Crippen molar-refractivity contribution in [3.05, 3.63) is 18.1 Å². The summed E-state index contributed by atoms with van der Waals surface area (Å²) in [7, 11) is 1.34. The van der Waals surface area contributed by atoms with E-state index in [1.54, 1.807) is 6.20 Å². The Balaban J connectivity index is 1.87. The van der Waals surface area contributed by atoms with Gasteiger partial charge in [0.05, 0.1) is 19.5 Å². The highest BCUT2D eigenvalue weighted by Crippen LogP contribution is 2.18. The van der Waals surface area contributed by atoms with E-state index < -0.39 is 5.97 Å². The number of methoxy groups -OCH3 is 1. The largest absolute Gasteiger partial charge is 0.464 e. The van der Waals surface area contributed by atoms with Crippen LogP contribution in [0.15, 0.2) is 12.4 Å². The maximum atomic E-state index is 11.4. The molecule has 1 atom stereocenters. The van der Waals surface area contributed by atoms with Crippen molar-refractivity contribution in [1.29, 1.82) is 0 Å². The zero-order valence-corrected chi connectivity index (χ0v) is 12.3. The molecule has 1 aromatic rings. The summed E-state index contributed by atoms with van der Waals surface area (Å²) in [5, 5.41) is 3.26. The molecule has 1 aliphatic heterocycles. The van der Waals surface area contributed by atoms with Gasteiger partial charge in [0.25, 0.3) is 0 Å². The van der Waals surface area contributed by atoms with Crippen LogP contribution >= 0.6 is 0 Å². The van der Waals surface area contributed by atoms with Crippen LogP contribution in [0.5, 0.6) is 0 Å². The van der Waals surface area contributed by atoms with Crippen molar-refractivity contribution < 1.29 is 9.53 Å². The van der Waals surface area contributed by atoms with E-state index in [1.165, 1.54) is 19.7 Å². The minimum absolute atomic E-state index is 0.229. The number of hydrogen-bond donors (Lipinski definition) is 1. The number of nitrogens with one attached hydrogen (secondary N) is 1. The van der Waals surface area contributed by atoms with E-state index in [1.807, 2.05) is 0 Å². The lowest BCUT2D eigenvalue weighted by Crippen LogP contribution is -2.29. The van der Waals surface area contributed by atoms with Gasteiger partial charge in [0.2, 0.25) is 0 Å². The molecule has 0 amide bonds. The lowest BCUT2D eigenvalue weighted by Gasteiger charge is -2.20. The lowest BCUT2D eigenvalue weighted by molar-refractivity contribution is 0.0593. The van der Waals surface area contributed by atoms with Crippen LogP contribution in [0.3, 0.4) is 0 Å². The summed E-state index contributed by atoms with van der Waals surface area (Å²) in [6, 6.07) is 0.599. The van der Waals surface area contributed by atoms with Gasteiger partial charge in [0, 0.05) is 19.1 Å². The predicted octanol–water partition coefficient (Wildman–Crippen LogP) is 1.41. The quantitative estimate of drug-likeness (QED) is 0.821. The Morgan fingerprint density at radius 1 is 1.55 bits per heavy atom. The number of carbonyl (C=O) groups excluding carboxylic acids is 1. The van der Waals surface area contributed by atoms with Gasteiger partial charge in [-0.25, -0.2) is 9.78 Å².